The lowest BCUT2D eigenvalue weighted by Crippen LogP contribution is -2.08. The summed E-state index contributed by atoms with van der Waals surface area (Å²) in [5.41, 5.74) is 5.55. The first-order valence-electron chi connectivity index (χ1n) is 4.27. The molecule has 74 valence electrons. The van der Waals surface area contributed by atoms with Crippen molar-refractivity contribution in [3.05, 3.63) is 5.82 Å². The van der Waals surface area contributed by atoms with Gasteiger partial charge in [-0.25, -0.2) is 4.68 Å². The summed E-state index contributed by atoms with van der Waals surface area (Å²) in [6.45, 7) is 2.81. The highest BCUT2D eigenvalue weighted by Gasteiger charge is 2.08. The summed E-state index contributed by atoms with van der Waals surface area (Å²) >= 11 is 0. The highest BCUT2D eigenvalue weighted by atomic mass is 16.5. The predicted octanol–water partition coefficient (Wildman–Crippen LogP) is 0.222. The van der Waals surface area contributed by atoms with E-state index in [9.17, 15) is 0 Å². The van der Waals surface area contributed by atoms with Crippen LogP contribution in [0.15, 0.2) is 0 Å². The van der Waals surface area contributed by atoms with Crippen LogP contribution in [0.1, 0.15) is 12.7 Å². The first kappa shape index (κ1) is 9.98. The maximum atomic E-state index is 5.55. The second kappa shape index (κ2) is 4.23. The maximum Gasteiger partial charge on any atom is 0.218 e. The molecule has 1 aromatic heterocycles. The number of nitrogens with zero attached hydrogens (tertiary/aromatic N) is 3. The minimum absolute atomic E-state index is 0.423. The zero-order chi connectivity index (χ0) is 9.84. The van der Waals surface area contributed by atoms with Crippen LogP contribution in [0.2, 0.25) is 0 Å². The normalized spacial score (nSPS) is 13.2. The van der Waals surface area contributed by atoms with Crippen molar-refractivity contribution in [2.75, 3.05) is 19.5 Å². The van der Waals surface area contributed by atoms with E-state index in [4.69, 9.17) is 10.5 Å². The number of rotatable bonds is 4. The minimum atomic E-state index is 0.423. The summed E-state index contributed by atoms with van der Waals surface area (Å²) in [5.74, 6) is 1.66. The van der Waals surface area contributed by atoms with E-state index in [1.54, 1.807) is 18.8 Å². The molecule has 0 aliphatic rings. The van der Waals surface area contributed by atoms with Crippen LogP contribution in [-0.2, 0) is 18.2 Å². The first-order chi connectivity index (χ1) is 6.13. The van der Waals surface area contributed by atoms with Gasteiger partial charge in [0.2, 0.25) is 5.95 Å². The van der Waals surface area contributed by atoms with Gasteiger partial charge in [-0.05, 0) is 5.92 Å². The number of nitrogens with two attached hydrogens (primary N) is 1. The molecule has 0 radical (unpaired) electrons. The third-order valence-electron chi connectivity index (χ3n) is 1.82. The number of hydrogen-bond donors (Lipinski definition) is 1. The molecular formula is C8H16N4O. The molecule has 2 N–H and O–H groups in total. The van der Waals surface area contributed by atoms with Gasteiger partial charge in [-0.15, -0.1) is 0 Å². The zero-order valence-corrected chi connectivity index (χ0v) is 8.32. The van der Waals surface area contributed by atoms with Crippen molar-refractivity contribution in [3.8, 4) is 0 Å². The molecule has 5 heteroatoms. The Bertz CT molecular complexity index is 252. The molecule has 0 amide bonds. The second-order valence-electron chi connectivity index (χ2n) is 3.27. The van der Waals surface area contributed by atoms with Crippen LogP contribution in [-0.4, -0.2) is 28.5 Å². The number of nitrogen functional groups attached to an aromatic ring is 1. The Hall–Kier alpha value is -1.10. The largest absolute Gasteiger partial charge is 0.384 e. The summed E-state index contributed by atoms with van der Waals surface area (Å²) < 4.78 is 6.60. The number of anilines is 1. The fourth-order valence-corrected chi connectivity index (χ4v) is 1.19. The molecule has 0 spiro atoms. The number of hydrogen-bond acceptors (Lipinski definition) is 4. The molecule has 1 heterocycles. The van der Waals surface area contributed by atoms with Crippen molar-refractivity contribution in [3.63, 3.8) is 0 Å². The van der Waals surface area contributed by atoms with E-state index >= 15 is 0 Å². The van der Waals surface area contributed by atoms with Crippen LogP contribution in [0.25, 0.3) is 0 Å². The van der Waals surface area contributed by atoms with Crippen LogP contribution >= 0.6 is 0 Å². The fraction of sp³-hybridized carbons (Fsp3) is 0.750. The number of methoxy groups -OCH3 is 1. The Kier molecular flexibility index (Phi) is 3.25. The Morgan fingerprint density at radius 2 is 2.31 bits per heavy atom. The van der Waals surface area contributed by atoms with Gasteiger partial charge in [-0.2, -0.15) is 10.1 Å². The number of ether oxygens (including phenoxy) is 1. The van der Waals surface area contributed by atoms with Gasteiger partial charge < -0.3 is 10.5 Å². The van der Waals surface area contributed by atoms with Gasteiger partial charge in [0.25, 0.3) is 0 Å². The zero-order valence-electron chi connectivity index (χ0n) is 8.32. The van der Waals surface area contributed by atoms with Gasteiger partial charge in [-0.3, -0.25) is 0 Å². The van der Waals surface area contributed by atoms with Gasteiger partial charge in [0.15, 0.2) is 5.82 Å². The van der Waals surface area contributed by atoms with E-state index in [2.05, 4.69) is 17.0 Å². The summed E-state index contributed by atoms with van der Waals surface area (Å²) in [6, 6.07) is 0. The maximum absolute atomic E-state index is 5.55. The van der Waals surface area contributed by atoms with Gasteiger partial charge in [0.1, 0.15) is 0 Å². The average molecular weight is 184 g/mol. The van der Waals surface area contributed by atoms with E-state index < -0.39 is 0 Å². The smallest absolute Gasteiger partial charge is 0.218 e. The van der Waals surface area contributed by atoms with E-state index in [1.807, 2.05) is 0 Å². The minimum Gasteiger partial charge on any atom is -0.384 e. The van der Waals surface area contributed by atoms with Gasteiger partial charge in [0, 0.05) is 27.2 Å². The Balaban J connectivity index is 2.53. The van der Waals surface area contributed by atoms with Crippen molar-refractivity contribution >= 4 is 5.95 Å². The molecule has 13 heavy (non-hydrogen) atoms. The molecule has 1 rings (SSSR count). The standard InChI is InChI=1S/C8H16N4O/c1-6(5-13-3)4-7-10-8(9)12(2)11-7/h6H,4-5H2,1-3H3,(H2,9,10,11). The van der Waals surface area contributed by atoms with Crippen LogP contribution < -0.4 is 5.73 Å². The lowest BCUT2D eigenvalue weighted by Gasteiger charge is -2.05. The first-order valence-corrected chi connectivity index (χ1v) is 4.27. The lowest BCUT2D eigenvalue weighted by atomic mass is 10.1. The molecular weight excluding hydrogens is 168 g/mol. The lowest BCUT2D eigenvalue weighted by molar-refractivity contribution is 0.159. The SMILES string of the molecule is COCC(C)Cc1nc(N)n(C)n1. The van der Waals surface area contributed by atoms with Crippen molar-refractivity contribution < 1.29 is 4.74 Å². The monoisotopic (exact) mass is 184 g/mol. The van der Waals surface area contributed by atoms with Crippen LogP contribution in [0, 0.1) is 5.92 Å². The highest BCUT2D eigenvalue weighted by molar-refractivity contribution is 5.15. The number of aromatic nitrogens is 3. The molecule has 0 aliphatic carbocycles. The summed E-state index contributed by atoms with van der Waals surface area (Å²) in [5, 5.41) is 4.16. The quantitative estimate of drug-likeness (QED) is 0.727. The summed E-state index contributed by atoms with van der Waals surface area (Å²) in [4.78, 5) is 4.11. The second-order valence-corrected chi connectivity index (χ2v) is 3.27. The molecule has 1 atom stereocenters. The molecule has 1 aromatic rings. The predicted molar refractivity (Wildman–Crippen MR) is 50.2 cm³/mol. The van der Waals surface area contributed by atoms with Crippen molar-refractivity contribution in [2.45, 2.75) is 13.3 Å². The van der Waals surface area contributed by atoms with E-state index in [0.29, 0.717) is 11.9 Å². The average Bonchev–Trinajstić information content (AvgIpc) is 2.31. The fourth-order valence-electron chi connectivity index (χ4n) is 1.19. The molecule has 0 aliphatic heterocycles. The van der Waals surface area contributed by atoms with Gasteiger partial charge in [0.05, 0.1) is 0 Å². The molecule has 0 saturated carbocycles. The van der Waals surface area contributed by atoms with E-state index in [1.165, 1.54) is 0 Å². The van der Waals surface area contributed by atoms with Crippen molar-refractivity contribution in [1.29, 1.82) is 0 Å². The highest BCUT2D eigenvalue weighted by Crippen LogP contribution is 2.06. The van der Waals surface area contributed by atoms with Crippen molar-refractivity contribution in [2.24, 2.45) is 13.0 Å². The molecule has 1 unspecified atom stereocenters. The van der Waals surface area contributed by atoms with Gasteiger partial charge in [-0.1, -0.05) is 6.92 Å². The summed E-state index contributed by atoms with van der Waals surface area (Å²) in [6.07, 6.45) is 0.804. The van der Waals surface area contributed by atoms with E-state index in [0.717, 1.165) is 18.9 Å². The molecule has 0 bridgehead atoms. The van der Waals surface area contributed by atoms with Crippen LogP contribution in [0.3, 0.4) is 0 Å². The van der Waals surface area contributed by atoms with Crippen LogP contribution in [0.5, 0.6) is 0 Å². The molecule has 5 nitrogen and oxygen atoms in total. The van der Waals surface area contributed by atoms with Crippen molar-refractivity contribution in [1.82, 2.24) is 14.8 Å². The Labute approximate surface area is 77.9 Å². The summed E-state index contributed by atoms with van der Waals surface area (Å²) in [7, 11) is 3.48. The Morgan fingerprint density at radius 1 is 1.62 bits per heavy atom. The van der Waals surface area contributed by atoms with E-state index in [-0.39, 0.29) is 0 Å². The topological polar surface area (TPSA) is 66.0 Å². The third-order valence-corrected chi connectivity index (χ3v) is 1.82. The molecule has 0 fully saturated rings. The molecule has 0 saturated heterocycles. The molecule has 0 aromatic carbocycles. The third kappa shape index (κ3) is 2.69. The number of aryl methyl sites for hydroxylation is 1. The van der Waals surface area contributed by atoms with Gasteiger partial charge >= 0.3 is 0 Å². The van der Waals surface area contributed by atoms with Crippen LogP contribution in [0.4, 0.5) is 5.95 Å². The Morgan fingerprint density at radius 3 is 2.77 bits per heavy atom.